The Labute approximate surface area is 215 Å². The second-order valence-electron chi connectivity index (χ2n) is 7.66. The van der Waals surface area contributed by atoms with E-state index in [1.807, 2.05) is 120 Å². The zero-order valence-corrected chi connectivity index (χ0v) is 21.2. The van der Waals surface area contributed by atoms with Crippen molar-refractivity contribution in [1.29, 1.82) is 0 Å². The first-order valence-corrected chi connectivity index (χ1v) is 12.3. The monoisotopic (exact) mass is 574 g/mol. The number of amides is 1. The van der Waals surface area contributed by atoms with E-state index >= 15 is 0 Å². The standard InChI is InChI=1S/C28H20Br2N2O2/c29-22-18-16-20(17-19-22)26-25(30)27(33)32(28(34-26)21-10-4-1-5-11-21)31(23-12-6-2-7-13-23)24-14-8-3-9-15-24/h1-19,28H/t28-/m1/s1. The van der Waals surface area contributed by atoms with E-state index in [9.17, 15) is 4.79 Å². The number of para-hydroxylation sites is 2. The van der Waals surface area contributed by atoms with Crippen LogP contribution in [0.15, 0.2) is 124 Å². The Morgan fingerprint density at radius 1 is 0.676 bits per heavy atom. The van der Waals surface area contributed by atoms with Crippen molar-refractivity contribution in [3.63, 3.8) is 0 Å². The van der Waals surface area contributed by atoms with E-state index in [0.717, 1.165) is 27.0 Å². The molecule has 4 nitrogen and oxygen atoms in total. The average Bonchev–Trinajstić information content (AvgIpc) is 2.89. The van der Waals surface area contributed by atoms with Crippen LogP contribution in [0.1, 0.15) is 17.4 Å². The molecule has 4 aromatic rings. The van der Waals surface area contributed by atoms with Gasteiger partial charge in [0.15, 0.2) is 0 Å². The van der Waals surface area contributed by atoms with Gasteiger partial charge in [0.05, 0.1) is 11.4 Å². The molecule has 1 amide bonds. The van der Waals surface area contributed by atoms with Crippen molar-refractivity contribution in [2.24, 2.45) is 0 Å². The first kappa shape index (κ1) is 22.4. The third-order valence-corrected chi connectivity index (χ3v) is 6.68. The molecule has 0 saturated carbocycles. The number of benzene rings is 4. The molecule has 0 aromatic heterocycles. The smallest absolute Gasteiger partial charge is 0.287 e. The minimum Gasteiger partial charge on any atom is -0.462 e. The molecule has 1 aliphatic rings. The van der Waals surface area contributed by atoms with Gasteiger partial charge in [0.1, 0.15) is 10.2 Å². The molecule has 0 aliphatic carbocycles. The summed E-state index contributed by atoms with van der Waals surface area (Å²) in [6.45, 7) is 0. The van der Waals surface area contributed by atoms with E-state index in [1.54, 1.807) is 5.01 Å². The molecule has 5 rings (SSSR count). The van der Waals surface area contributed by atoms with Crippen LogP contribution in [0, 0.1) is 0 Å². The van der Waals surface area contributed by atoms with Crippen molar-refractivity contribution in [2.45, 2.75) is 6.23 Å². The number of ether oxygens (including phenoxy) is 1. The minimum atomic E-state index is -0.686. The highest BCUT2D eigenvalue weighted by Gasteiger charge is 2.41. The molecule has 0 saturated heterocycles. The lowest BCUT2D eigenvalue weighted by molar-refractivity contribution is -0.139. The van der Waals surface area contributed by atoms with E-state index in [-0.39, 0.29) is 5.91 Å². The van der Waals surface area contributed by atoms with Crippen molar-refractivity contribution < 1.29 is 9.53 Å². The zero-order chi connectivity index (χ0) is 23.5. The van der Waals surface area contributed by atoms with Crippen LogP contribution in [-0.2, 0) is 9.53 Å². The highest BCUT2D eigenvalue weighted by molar-refractivity contribution is 9.12. The topological polar surface area (TPSA) is 32.8 Å². The molecule has 1 atom stereocenters. The van der Waals surface area contributed by atoms with Crippen LogP contribution in [0.5, 0.6) is 0 Å². The van der Waals surface area contributed by atoms with Crippen LogP contribution in [0.2, 0.25) is 0 Å². The summed E-state index contributed by atoms with van der Waals surface area (Å²) in [5.74, 6) is 0.300. The van der Waals surface area contributed by atoms with E-state index in [1.165, 1.54) is 0 Å². The number of rotatable bonds is 5. The largest absolute Gasteiger partial charge is 0.462 e. The van der Waals surface area contributed by atoms with E-state index in [2.05, 4.69) is 31.9 Å². The predicted octanol–water partition coefficient (Wildman–Crippen LogP) is 7.82. The fraction of sp³-hybridized carbons (Fsp3) is 0.0357. The first-order valence-electron chi connectivity index (χ1n) is 10.7. The van der Waals surface area contributed by atoms with Gasteiger partial charge in [-0.2, -0.15) is 0 Å². The van der Waals surface area contributed by atoms with Gasteiger partial charge >= 0.3 is 0 Å². The molecule has 6 heteroatoms. The molecular formula is C28H20Br2N2O2. The quantitative estimate of drug-likeness (QED) is 0.243. The van der Waals surface area contributed by atoms with Crippen LogP contribution in [0.4, 0.5) is 11.4 Å². The maximum Gasteiger partial charge on any atom is 0.287 e. The molecule has 0 spiro atoms. The Balaban J connectivity index is 1.70. The number of anilines is 2. The van der Waals surface area contributed by atoms with Crippen LogP contribution in [0.3, 0.4) is 0 Å². The third kappa shape index (κ3) is 4.39. The predicted molar refractivity (Wildman–Crippen MR) is 142 cm³/mol. The molecule has 1 heterocycles. The van der Waals surface area contributed by atoms with E-state index < -0.39 is 6.23 Å². The number of hydrogen-bond donors (Lipinski definition) is 0. The molecular weight excluding hydrogens is 556 g/mol. The number of carbonyl (C=O) groups is 1. The maximum atomic E-state index is 14.0. The summed E-state index contributed by atoms with van der Waals surface area (Å²) in [6, 6.07) is 37.1. The highest BCUT2D eigenvalue weighted by Crippen LogP contribution is 2.43. The van der Waals surface area contributed by atoms with Gasteiger partial charge in [-0.15, -0.1) is 0 Å². The SMILES string of the molecule is O=C1C(Br)=C(c2ccc(Br)cc2)O[C@H](c2ccccc2)N1N(c1ccccc1)c1ccccc1. The van der Waals surface area contributed by atoms with Gasteiger partial charge in [0, 0.05) is 15.6 Å². The summed E-state index contributed by atoms with van der Waals surface area (Å²) in [7, 11) is 0. The molecule has 0 N–H and O–H groups in total. The number of carbonyl (C=O) groups excluding carboxylic acids is 1. The van der Waals surface area contributed by atoms with Gasteiger partial charge in [-0.1, -0.05) is 94.8 Å². The Hall–Kier alpha value is -3.35. The van der Waals surface area contributed by atoms with Crippen LogP contribution in [-0.4, -0.2) is 10.9 Å². The molecule has 0 fully saturated rings. The fourth-order valence-corrected chi connectivity index (χ4v) is 4.64. The molecule has 34 heavy (non-hydrogen) atoms. The molecule has 168 valence electrons. The maximum absolute atomic E-state index is 14.0. The summed E-state index contributed by atoms with van der Waals surface area (Å²) in [6.07, 6.45) is -0.686. The number of halogens is 2. The van der Waals surface area contributed by atoms with Gasteiger partial charge in [-0.05, 0) is 52.3 Å². The van der Waals surface area contributed by atoms with Crippen molar-refractivity contribution in [3.8, 4) is 0 Å². The lowest BCUT2D eigenvalue weighted by atomic mass is 10.1. The summed E-state index contributed by atoms with van der Waals surface area (Å²) < 4.78 is 7.91. The third-order valence-electron chi connectivity index (χ3n) is 5.45. The summed E-state index contributed by atoms with van der Waals surface area (Å²) in [5, 5.41) is 3.56. The van der Waals surface area contributed by atoms with E-state index in [0.29, 0.717) is 10.2 Å². The Morgan fingerprint density at radius 3 is 1.71 bits per heavy atom. The van der Waals surface area contributed by atoms with Crippen molar-refractivity contribution >= 4 is 54.9 Å². The first-order chi connectivity index (χ1) is 16.6. The van der Waals surface area contributed by atoms with Crippen LogP contribution in [0.25, 0.3) is 5.76 Å². The number of hydrogen-bond acceptors (Lipinski definition) is 3. The zero-order valence-electron chi connectivity index (χ0n) is 18.0. The van der Waals surface area contributed by atoms with Crippen LogP contribution >= 0.6 is 31.9 Å². The molecule has 1 aliphatic heterocycles. The summed E-state index contributed by atoms with van der Waals surface area (Å²) >= 11 is 7.03. The van der Waals surface area contributed by atoms with Crippen molar-refractivity contribution in [1.82, 2.24) is 5.01 Å². The molecule has 0 radical (unpaired) electrons. The molecule has 4 aromatic carbocycles. The van der Waals surface area contributed by atoms with Gasteiger partial charge in [0.2, 0.25) is 6.23 Å². The van der Waals surface area contributed by atoms with Crippen molar-refractivity contribution in [3.05, 3.63) is 135 Å². The second-order valence-corrected chi connectivity index (χ2v) is 9.37. The Bertz CT molecular complexity index is 1270. The minimum absolute atomic E-state index is 0.203. The molecule has 0 unspecified atom stereocenters. The lowest BCUT2D eigenvalue weighted by Gasteiger charge is -2.44. The molecule has 0 bridgehead atoms. The van der Waals surface area contributed by atoms with E-state index in [4.69, 9.17) is 4.74 Å². The van der Waals surface area contributed by atoms with Gasteiger partial charge < -0.3 is 4.74 Å². The van der Waals surface area contributed by atoms with Gasteiger partial charge in [0.25, 0.3) is 5.91 Å². The average molecular weight is 576 g/mol. The van der Waals surface area contributed by atoms with Crippen LogP contribution < -0.4 is 5.01 Å². The Morgan fingerprint density at radius 2 is 1.18 bits per heavy atom. The fourth-order valence-electron chi connectivity index (χ4n) is 3.87. The lowest BCUT2D eigenvalue weighted by Crippen LogP contribution is -2.49. The highest BCUT2D eigenvalue weighted by atomic mass is 79.9. The van der Waals surface area contributed by atoms with Gasteiger partial charge in [-0.3, -0.25) is 4.79 Å². The number of hydrazine groups is 1. The second kappa shape index (κ2) is 9.87. The van der Waals surface area contributed by atoms with Gasteiger partial charge in [-0.25, -0.2) is 10.0 Å². The summed E-state index contributed by atoms with van der Waals surface area (Å²) in [4.78, 5) is 14.0. The van der Waals surface area contributed by atoms with Crippen molar-refractivity contribution in [2.75, 3.05) is 5.01 Å². The Kier molecular flexibility index (Phi) is 6.52. The number of nitrogens with zero attached hydrogens (tertiary/aromatic N) is 2. The summed E-state index contributed by atoms with van der Waals surface area (Å²) in [5.41, 5.74) is 3.37. The normalized spacial score (nSPS) is 15.8.